The second-order valence-electron chi connectivity index (χ2n) is 7.73. The summed E-state index contributed by atoms with van der Waals surface area (Å²) in [5.74, 6) is -2.78. The summed E-state index contributed by atoms with van der Waals surface area (Å²) in [5.41, 5.74) is 0.327. The molecule has 0 spiro atoms. The largest absolute Gasteiger partial charge is 0.358 e. The predicted octanol–water partition coefficient (Wildman–Crippen LogP) is 2.92. The number of nitrogens with zero attached hydrogens (tertiary/aromatic N) is 2. The number of sulfonamides is 1. The van der Waals surface area contributed by atoms with Crippen molar-refractivity contribution in [1.29, 1.82) is 0 Å². The number of carbonyl (C=O) groups excluding carboxylic acids is 2. The van der Waals surface area contributed by atoms with E-state index in [1.165, 1.54) is 48.5 Å². The van der Waals surface area contributed by atoms with Crippen molar-refractivity contribution in [1.82, 2.24) is 9.46 Å². The van der Waals surface area contributed by atoms with Crippen LogP contribution in [0.4, 0.5) is 5.82 Å². The van der Waals surface area contributed by atoms with Gasteiger partial charge in [0.15, 0.2) is 33.2 Å². The van der Waals surface area contributed by atoms with Crippen molar-refractivity contribution in [3.63, 3.8) is 0 Å². The van der Waals surface area contributed by atoms with Crippen LogP contribution in [-0.4, -0.2) is 51.1 Å². The summed E-state index contributed by atoms with van der Waals surface area (Å²) >= 11 is 11.8. The Kier molecular flexibility index (Phi) is 6.77. The molecule has 0 fully saturated rings. The van der Waals surface area contributed by atoms with E-state index in [4.69, 9.17) is 27.7 Å². The van der Waals surface area contributed by atoms with Crippen LogP contribution < -0.4 is 5.32 Å². The minimum absolute atomic E-state index is 0.0679. The molecule has 4 rings (SSSR count). The number of aromatic nitrogens is 1. The Balaban J connectivity index is 1.48. The second-order valence-corrected chi connectivity index (χ2v) is 12.6. The SMILES string of the molecule is CN1C(C(=O)Nc2cc(CS(=O)(=O)Cc3ccc(Cl)c(Cl)c3)on2)C(=O)c2ccccc2S1(=O)=O. The lowest BCUT2D eigenvalue weighted by molar-refractivity contribution is -0.118. The standard InChI is InChI=1S/C21H17Cl2N3O7S2/c1-26-19(20(27)14-4-2-3-5-17(14)35(26,31)32)21(28)24-18-9-13(33-25-18)11-34(29,30)10-12-6-7-15(22)16(23)8-12/h2-9,19H,10-11H2,1H3,(H,24,25,28). The Hall–Kier alpha value is -2.77. The molecule has 10 nitrogen and oxygen atoms in total. The molecule has 0 saturated carbocycles. The molecule has 184 valence electrons. The second kappa shape index (κ2) is 9.36. The van der Waals surface area contributed by atoms with Crippen LogP contribution in [0.25, 0.3) is 0 Å². The first-order valence-corrected chi connectivity index (χ1v) is 13.9. The van der Waals surface area contributed by atoms with Crippen molar-refractivity contribution in [3.05, 3.63) is 75.5 Å². The third-order valence-corrected chi connectivity index (χ3v) is 9.33. The number of amides is 1. The van der Waals surface area contributed by atoms with Crippen LogP contribution in [0.1, 0.15) is 21.7 Å². The van der Waals surface area contributed by atoms with Gasteiger partial charge in [0.1, 0.15) is 5.75 Å². The van der Waals surface area contributed by atoms with Crippen molar-refractivity contribution in [3.8, 4) is 0 Å². The molecular formula is C21H17Cl2N3O7S2. The zero-order chi connectivity index (χ0) is 25.5. The fraction of sp³-hybridized carbons (Fsp3) is 0.190. The Morgan fingerprint density at radius 3 is 2.54 bits per heavy atom. The number of nitrogens with one attached hydrogen (secondary N) is 1. The van der Waals surface area contributed by atoms with E-state index in [9.17, 15) is 26.4 Å². The molecule has 2 aromatic carbocycles. The van der Waals surface area contributed by atoms with Crippen LogP contribution in [0.3, 0.4) is 0 Å². The monoisotopic (exact) mass is 557 g/mol. The zero-order valence-electron chi connectivity index (χ0n) is 17.9. The summed E-state index contributed by atoms with van der Waals surface area (Å²) in [6.07, 6.45) is 0. The molecule has 2 heterocycles. The number of carbonyl (C=O) groups is 2. The van der Waals surface area contributed by atoms with Crippen molar-refractivity contribution in [2.45, 2.75) is 22.4 Å². The molecule has 1 aliphatic rings. The first kappa shape index (κ1) is 25.3. The number of Topliss-reactive ketones (excluding diaryl/α,β-unsaturated/α-hetero) is 1. The van der Waals surface area contributed by atoms with Gasteiger partial charge in [-0.05, 0) is 29.8 Å². The number of sulfone groups is 1. The van der Waals surface area contributed by atoms with Crippen LogP contribution in [0.15, 0.2) is 57.9 Å². The topological polar surface area (TPSA) is 144 Å². The molecule has 0 saturated heterocycles. The third kappa shape index (κ3) is 5.11. The van der Waals surface area contributed by atoms with Crippen molar-refractivity contribution >= 4 is 60.6 Å². The van der Waals surface area contributed by atoms with Gasteiger partial charge in [-0.25, -0.2) is 16.8 Å². The lowest BCUT2D eigenvalue weighted by Crippen LogP contribution is -2.53. The van der Waals surface area contributed by atoms with Gasteiger partial charge in [-0.2, -0.15) is 4.31 Å². The minimum Gasteiger partial charge on any atom is -0.358 e. The van der Waals surface area contributed by atoms with E-state index in [1.54, 1.807) is 0 Å². The van der Waals surface area contributed by atoms with Crippen molar-refractivity contribution in [2.24, 2.45) is 0 Å². The van der Waals surface area contributed by atoms with Gasteiger partial charge in [-0.15, -0.1) is 0 Å². The number of hydrogen-bond acceptors (Lipinski definition) is 8. The Morgan fingerprint density at radius 2 is 1.83 bits per heavy atom. The zero-order valence-corrected chi connectivity index (χ0v) is 21.1. The van der Waals surface area contributed by atoms with Gasteiger partial charge in [-0.3, -0.25) is 9.59 Å². The number of halogens is 2. The number of ketones is 1. The summed E-state index contributed by atoms with van der Waals surface area (Å²) in [6.45, 7) is 0. The van der Waals surface area contributed by atoms with Gasteiger partial charge in [0, 0.05) is 18.7 Å². The maximum absolute atomic E-state index is 12.9. The molecule has 1 N–H and O–H groups in total. The van der Waals surface area contributed by atoms with Gasteiger partial charge >= 0.3 is 0 Å². The fourth-order valence-corrected chi connectivity index (χ4v) is 6.73. The quantitative estimate of drug-likeness (QED) is 0.455. The lowest BCUT2D eigenvalue weighted by Gasteiger charge is -2.30. The van der Waals surface area contributed by atoms with E-state index < -0.39 is 43.3 Å². The number of rotatable bonds is 6. The highest BCUT2D eigenvalue weighted by molar-refractivity contribution is 7.90. The predicted molar refractivity (Wildman–Crippen MR) is 127 cm³/mol. The Morgan fingerprint density at radius 1 is 1.11 bits per heavy atom. The molecule has 1 aliphatic heterocycles. The summed E-state index contributed by atoms with van der Waals surface area (Å²) in [7, 11) is -6.67. The highest BCUT2D eigenvalue weighted by atomic mass is 35.5. The number of likely N-dealkylation sites (N-methyl/N-ethyl adjacent to an activating group) is 1. The molecule has 1 amide bonds. The van der Waals surface area contributed by atoms with E-state index in [2.05, 4.69) is 10.5 Å². The molecule has 0 radical (unpaired) electrons. The average Bonchev–Trinajstić information content (AvgIpc) is 3.20. The van der Waals surface area contributed by atoms with E-state index >= 15 is 0 Å². The van der Waals surface area contributed by atoms with Crippen molar-refractivity contribution < 1.29 is 30.9 Å². The number of hydrogen-bond donors (Lipinski definition) is 1. The summed E-state index contributed by atoms with van der Waals surface area (Å²) < 4.78 is 56.3. The molecule has 14 heteroatoms. The molecule has 1 unspecified atom stereocenters. The van der Waals surface area contributed by atoms with Crippen molar-refractivity contribution in [2.75, 3.05) is 12.4 Å². The van der Waals surface area contributed by atoms with Gasteiger partial charge in [0.05, 0.1) is 20.7 Å². The number of anilines is 1. The molecule has 1 atom stereocenters. The van der Waals surface area contributed by atoms with E-state index in [0.717, 1.165) is 7.05 Å². The molecule has 1 aromatic heterocycles. The summed E-state index contributed by atoms with van der Waals surface area (Å²) in [5, 5.41) is 6.43. The van der Waals surface area contributed by atoms with Crippen LogP contribution >= 0.6 is 23.2 Å². The van der Waals surface area contributed by atoms with Gasteiger partial charge in [0.2, 0.25) is 10.0 Å². The molecule has 0 bridgehead atoms. The van der Waals surface area contributed by atoms with Crippen LogP contribution in [0.5, 0.6) is 0 Å². The van der Waals surface area contributed by atoms with Crippen LogP contribution in [0, 0.1) is 0 Å². The Labute approximate surface area is 210 Å². The van der Waals surface area contributed by atoms with Crippen LogP contribution in [-0.2, 0) is 36.2 Å². The first-order valence-electron chi connectivity index (χ1n) is 9.91. The van der Waals surface area contributed by atoms with Gasteiger partial charge < -0.3 is 9.84 Å². The molecule has 3 aromatic rings. The lowest BCUT2D eigenvalue weighted by atomic mass is 10.0. The molecule has 35 heavy (non-hydrogen) atoms. The summed E-state index contributed by atoms with van der Waals surface area (Å²) in [6, 6.07) is 9.55. The maximum atomic E-state index is 12.9. The third-order valence-electron chi connectivity index (χ3n) is 5.21. The Bertz CT molecular complexity index is 1550. The normalized spacial score (nSPS) is 17.7. The highest BCUT2D eigenvalue weighted by Crippen LogP contribution is 2.29. The average molecular weight is 558 g/mol. The van der Waals surface area contributed by atoms with Gasteiger partial charge in [0.25, 0.3) is 5.91 Å². The number of fused-ring (bicyclic) bond motifs is 1. The highest BCUT2D eigenvalue weighted by Gasteiger charge is 2.45. The summed E-state index contributed by atoms with van der Waals surface area (Å²) in [4.78, 5) is 25.5. The minimum atomic E-state index is -4.08. The van der Waals surface area contributed by atoms with Gasteiger partial charge in [-0.1, -0.05) is 46.6 Å². The van der Waals surface area contributed by atoms with E-state index in [-0.39, 0.29) is 32.8 Å². The number of benzene rings is 2. The first-order chi connectivity index (χ1) is 16.4. The molecule has 0 aliphatic carbocycles. The van der Waals surface area contributed by atoms with E-state index in [1.807, 2.05) is 0 Å². The smallest absolute Gasteiger partial charge is 0.252 e. The molecular weight excluding hydrogens is 541 g/mol. The maximum Gasteiger partial charge on any atom is 0.252 e. The van der Waals surface area contributed by atoms with Crippen LogP contribution in [0.2, 0.25) is 10.0 Å². The fourth-order valence-electron chi connectivity index (χ4n) is 3.57. The van der Waals surface area contributed by atoms with E-state index in [0.29, 0.717) is 14.9 Å².